The quantitative estimate of drug-likeness (QED) is 0.160. The molecule has 0 bridgehead atoms. The predicted octanol–water partition coefficient (Wildman–Crippen LogP) is 9.55. The summed E-state index contributed by atoms with van der Waals surface area (Å²) in [6.45, 7) is 0. The maximum absolute atomic E-state index is 6.25. The first-order valence-corrected chi connectivity index (χ1v) is 13.3. The summed E-state index contributed by atoms with van der Waals surface area (Å²) in [5.41, 5.74) is 2.65. The van der Waals surface area contributed by atoms with E-state index in [0.717, 1.165) is 42.9 Å². The van der Waals surface area contributed by atoms with Crippen molar-refractivity contribution in [3.63, 3.8) is 0 Å². The number of nitrogens with one attached hydrogen (secondary N) is 1. The minimum Gasteiger partial charge on any atom is -0.497 e. The highest BCUT2D eigenvalue weighted by atomic mass is 35.5. The molecule has 0 atom stereocenters. The van der Waals surface area contributed by atoms with Crippen LogP contribution < -0.4 is 4.74 Å². The van der Waals surface area contributed by atoms with Crippen LogP contribution in [0.5, 0.6) is 5.75 Å². The van der Waals surface area contributed by atoms with Gasteiger partial charge in [-0.1, -0.05) is 58.2 Å². The first-order valence-electron chi connectivity index (χ1n) is 10.2. The minimum atomic E-state index is 0.477. The van der Waals surface area contributed by atoms with Gasteiger partial charge in [-0.2, -0.15) is 0 Å². The molecule has 0 aliphatic rings. The summed E-state index contributed by atoms with van der Waals surface area (Å²) in [5.74, 6) is 0.792. The molecule has 1 N–H and O–H groups in total. The van der Waals surface area contributed by atoms with Crippen LogP contribution in [0.25, 0.3) is 22.3 Å². The van der Waals surface area contributed by atoms with Crippen LogP contribution in [0.2, 0.25) is 20.1 Å². The van der Waals surface area contributed by atoms with E-state index in [1.54, 1.807) is 25.3 Å². The van der Waals surface area contributed by atoms with Gasteiger partial charge in [-0.05, 0) is 84.1 Å². The van der Waals surface area contributed by atoms with Crippen molar-refractivity contribution in [3.8, 4) is 17.0 Å². The Morgan fingerprint density at radius 1 is 0.714 bits per heavy atom. The summed E-state index contributed by atoms with van der Waals surface area (Å²) >= 11 is 27.5. The van der Waals surface area contributed by atoms with Crippen molar-refractivity contribution in [1.82, 2.24) is 15.0 Å². The molecule has 2 aromatic heterocycles. The number of fused-ring (bicyclic) bond motifs is 1. The number of methoxy groups -OCH3 is 1. The van der Waals surface area contributed by atoms with Crippen molar-refractivity contribution in [3.05, 3.63) is 86.8 Å². The molecule has 0 saturated heterocycles. The van der Waals surface area contributed by atoms with E-state index in [2.05, 4.69) is 4.98 Å². The van der Waals surface area contributed by atoms with Crippen LogP contribution in [0.15, 0.2) is 86.7 Å². The maximum Gasteiger partial charge on any atom is 0.195 e. The number of hydrogen-bond acceptors (Lipinski definition) is 5. The summed E-state index contributed by atoms with van der Waals surface area (Å²) in [5, 5.41) is 4.21. The smallest absolute Gasteiger partial charge is 0.195 e. The minimum absolute atomic E-state index is 0.477. The number of halogens is 4. The summed E-state index contributed by atoms with van der Waals surface area (Å²) < 4.78 is 5.28. The molecule has 0 fully saturated rings. The van der Waals surface area contributed by atoms with Crippen LogP contribution in [-0.2, 0) is 0 Å². The molecule has 2 heterocycles. The Kier molecular flexibility index (Phi) is 7.39. The Balaban J connectivity index is 1.58. The number of benzene rings is 3. The zero-order valence-corrected chi connectivity index (χ0v) is 22.6. The highest BCUT2D eigenvalue weighted by Gasteiger charge is 2.16. The van der Waals surface area contributed by atoms with Crippen molar-refractivity contribution in [2.24, 2.45) is 0 Å². The molecule has 0 amide bonds. The van der Waals surface area contributed by atoms with Crippen LogP contribution in [-0.4, -0.2) is 22.1 Å². The maximum atomic E-state index is 6.25. The fraction of sp³-hybridized carbons (Fsp3) is 0.0400. The molecule has 0 aliphatic carbocycles. The van der Waals surface area contributed by atoms with E-state index in [0.29, 0.717) is 25.2 Å². The third-order valence-corrected chi connectivity index (χ3v) is 8.37. The molecular weight excluding hydrogens is 564 g/mol. The van der Waals surface area contributed by atoms with Gasteiger partial charge in [0.25, 0.3) is 0 Å². The largest absolute Gasteiger partial charge is 0.497 e. The second-order valence-corrected chi connectivity index (χ2v) is 11.1. The van der Waals surface area contributed by atoms with E-state index < -0.39 is 0 Å². The topological polar surface area (TPSA) is 50.8 Å². The highest BCUT2D eigenvalue weighted by molar-refractivity contribution is 8.00. The Morgan fingerprint density at radius 3 is 1.94 bits per heavy atom. The normalized spacial score (nSPS) is 11.2. The first-order chi connectivity index (χ1) is 16.9. The summed E-state index contributed by atoms with van der Waals surface area (Å²) in [7, 11) is 1.65. The van der Waals surface area contributed by atoms with Gasteiger partial charge in [-0.3, -0.25) is 0 Å². The van der Waals surface area contributed by atoms with Crippen molar-refractivity contribution in [2.45, 2.75) is 20.0 Å². The molecule has 176 valence electrons. The Labute approximate surface area is 230 Å². The van der Waals surface area contributed by atoms with E-state index in [4.69, 9.17) is 61.1 Å². The highest BCUT2D eigenvalue weighted by Crippen LogP contribution is 2.39. The second kappa shape index (κ2) is 10.5. The fourth-order valence-corrected chi connectivity index (χ4v) is 5.82. The molecule has 0 spiro atoms. The molecule has 5 aromatic rings. The zero-order chi connectivity index (χ0) is 24.5. The summed E-state index contributed by atoms with van der Waals surface area (Å²) in [6.07, 6.45) is 0. The van der Waals surface area contributed by atoms with Gasteiger partial charge in [0.1, 0.15) is 16.4 Å². The fourth-order valence-electron chi connectivity index (χ4n) is 3.31. The lowest BCUT2D eigenvalue weighted by Crippen LogP contribution is -1.91. The third kappa shape index (κ3) is 5.53. The van der Waals surface area contributed by atoms with E-state index in [9.17, 15) is 0 Å². The number of rotatable bonds is 6. The second-order valence-electron chi connectivity index (χ2n) is 7.34. The van der Waals surface area contributed by atoms with Gasteiger partial charge >= 0.3 is 0 Å². The lowest BCUT2D eigenvalue weighted by Gasteiger charge is -2.07. The molecule has 0 radical (unpaired) electrons. The standard InChI is InChI=1S/C25H15Cl4N3OS2/c1-33-14-4-2-13(3-5-14)22-12-17-23(30-22)31-25(35-16-7-9-19(27)21(29)11-16)32-24(17)34-15-6-8-18(26)20(28)10-15/h2-12H,1H3,(H,30,31,32). The summed E-state index contributed by atoms with van der Waals surface area (Å²) in [4.78, 5) is 14.8. The number of nitrogens with zero attached hydrogens (tertiary/aromatic N) is 2. The molecule has 5 rings (SSSR count). The number of ether oxygens (including phenoxy) is 1. The molecule has 0 aliphatic heterocycles. The molecule has 4 nitrogen and oxygen atoms in total. The van der Waals surface area contributed by atoms with Gasteiger partial charge in [0, 0.05) is 15.5 Å². The van der Waals surface area contributed by atoms with E-state index in [1.165, 1.54) is 23.5 Å². The average molecular weight is 579 g/mol. The third-order valence-electron chi connectivity index (χ3n) is 5.04. The molecule has 10 heteroatoms. The van der Waals surface area contributed by atoms with Crippen molar-refractivity contribution >= 4 is 81.0 Å². The van der Waals surface area contributed by atoms with Crippen LogP contribution >= 0.6 is 69.9 Å². The lowest BCUT2D eigenvalue weighted by atomic mass is 10.1. The van der Waals surface area contributed by atoms with Crippen molar-refractivity contribution in [1.29, 1.82) is 0 Å². The molecule has 35 heavy (non-hydrogen) atoms. The number of aromatic nitrogens is 3. The Hall–Kier alpha value is -2.06. The van der Waals surface area contributed by atoms with E-state index in [1.807, 2.05) is 48.5 Å². The molecule has 0 unspecified atom stereocenters. The first kappa shape index (κ1) is 24.6. The Morgan fingerprint density at radius 2 is 1.34 bits per heavy atom. The van der Waals surface area contributed by atoms with Gasteiger partial charge in [-0.15, -0.1) is 0 Å². The number of hydrogen-bond donors (Lipinski definition) is 1. The number of aromatic amines is 1. The van der Waals surface area contributed by atoms with Gasteiger partial charge in [0.05, 0.1) is 32.6 Å². The SMILES string of the molecule is COc1ccc(-c2cc3c(Sc4ccc(Cl)c(Cl)c4)nc(Sc4ccc(Cl)c(Cl)c4)nc3[nH]2)cc1. The monoisotopic (exact) mass is 577 g/mol. The van der Waals surface area contributed by atoms with Crippen LogP contribution in [0.4, 0.5) is 0 Å². The molecule has 0 saturated carbocycles. The molecular formula is C25H15Cl4N3OS2. The van der Waals surface area contributed by atoms with Gasteiger partial charge in [0.2, 0.25) is 0 Å². The van der Waals surface area contributed by atoms with Crippen molar-refractivity contribution in [2.75, 3.05) is 7.11 Å². The zero-order valence-electron chi connectivity index (χ0n) is 18.0. The summed E-state index contributed by atoms with van der Waals surface area (Å²) in [6, 6.07) is 20.8. The van der Waals surface area contributed by atoms with E-state index >= 15 is 0 Å². The van der Waals surface area contributed by atoms with Gasteiger partial charge in [-0.25, -0.2) is 9.97 Å². The van der Waals surface area contributed by atoms with Gasteiger partial charge in [0.15, 0.2) is 5.16 Å². The van der Waals surface area contributed by atoms with Gasteiger partial charge < -0.3 is 9.72 Å². The van der Waals surface area contributed by atoms with Crippen LogP contribution in [0.3, 0.4) is 0 Å². The van der Waals surface area contributed by atoms with Crippen molar-refractivity contribution < 1.29 is 4.74 Å². The van der Waals surface area contributed by atoms with Crippen LogP contribution in [0, 0.1) is 0 Å². The Bertz CT molecular complexity index is 1540. The lowest BCUT2D eigenvalue weighted by molar-refractivity contribution is 0.415. The predicted molar refractivity (Wildman–Crippen MR) is 147 cm³/mol. The number of H-pyrrole nitrogens is 1. The molecule has 3 aromatic carbocycles. The average Bonchev–Trinajstić information content (AvgIpc) is 3.28. The van der Waals surface area contributed by atoms with E-state index in [-0.39, 0.29) is 0 Å². The van der Waals surface area contributed by atoms with Crippen LogP contribution in [0.1, 0.15) is 0 Å².